The number of methoxy groups -OCH3 is 2. The van der Waals surface area contributed by atoms with Gasteiger partial charge in [-0.2, -0.15) is 0 Å². The van der Waals surface area contributed by atoms with E-state index in [2.05, 4.69) is 10.3 Å². The Balaban J connectivity index is 1.40. The standard InChI is InChI=1S/C33H33FN4O6/c1-18(2)37-17-25(32(40)38(33(37)41)23-9-7-21(34)8-10-23)31(39)36-22-13-19(3)30(20(4)14-22)44-27-11-12-35-26-16-29(43-6)28(42-5)15-24(26)27/h7-16,18,25H,17H2,1-6H3,(H,36,39). The Labute approximate surface area is 254 Å². The van der Waals surface area contributed by atoms with Crippen LogP contribution < -0.4 is 24.4 Å². The van der Waals surface area contributed by atoms with Crippen molar-refractivity contribution in [3.63, 3.8) is 0 Å². The highest BCUT2D eigenvalue weighted by molar-refractivity contribution is 6.23. The van der Waals surface area contributed by atoms with E-state index in [1.165, 1.54) is 17.0 Å². The molecule has 0 aliphatic carbocycles. The lowest BCUT2D eigenvalue weighted by Crippen LogP contribution is -2.61. The quantitative estimate of drug-likeness (QED) is 0.239. The summed E-state index contributed by atoms with van der Waals surface area (Å²) in [5.41, 5.74) is 2.82. The minimum atomic E-state index is -1.17. The monoisotopic (exact) mass is 600 g/mol. The molecule has 1 aliphatic rings. The third-order valence-corrected chi connectivity index (χ3v) is 7.51. The minimum absolute atomic E-state index is 0.0820. The Morgan fingerprint density at radius 1 is 0.955 bits per heavy atom. The number of aromatic nitrogens is 1. The Hall–Kier alpha value is -5.19. The van der Waals surface area contributed by atoms with Crippen LogP contribution in [0.2, 0.25) is 0 Å². The van der Waals surface area contributed by atoms with Gasteiger partial charge in [0.05, 0.1) is 25.4 Å². The second kappa shape index (κ2) is 12.2. The van der Waals surface area contributed by atoms with Gasteiger partial charge in [-0.25, -0.2) is 14.1 Å². The molecule has 1 aliphatic heterocycles. The summed E-state index contributed by atoms with van der Waals surface area (Å²) in [6.45, 7) is 7.23. The number of anilines is 2. The van der Waals surface area contributed by atoms with Crippen molar-refractivity contribution in [1.29, 1.82) is 0 Å². The number of nitrogens with zero attached hydrogens (tertiary/aromatic N) is 3. The second-order valence-electron chi connectivity index (χ2n) is 10.8. The fraction of sp³-hybridized carbons (Fsp3) is 0.273. The summed E-state index contributed by atoms with van der Waals surface area (Å²) in [5.74, 6) is -0.672. The molecule has 1 atom stereocenters. The number of ether oxygens (including phenoxy) is 3. The Kier molecular flexibility index (Phi) is 8.39. The van der Waals surface area contributed by atoms with E-state index in [0.29, 0.717) is 34.2 Å². The van der Waals surface area contributed by atoms with Gasteiger partial charge in [0.1, 0.15) is 23.2 Å². The van der Waals surface area contributed by atoms with Crippen molar-refractivity contribution in [3.8, 4) is 23.0 Å². The molecule has 3 aromatic carbocycles. The van der Waals surface area contributed by atoms with Gasteiger partial charge in [-0.15, -0.1) is 0 Å². The summed E-state index contributed by atoms with van der Waals surface area (Å²) in [6, 6.07) is 13.0. The molecule has 4 amide bonds. The Morgan fingerprint density at radius 2 is 1.59 bits per heavy atom. The number of imide groups is 1. The average Bonchev–Trinajstić information content (AvgIpc) is 2.99. The number of nitrogens with one attached hydrogen (secondary N) is 1. The highest BCUT2D eigenvalue weighted by Gasteiger charge is 2.44. The summed E-state index contributed by atoms with van der Waals surface area (Å²) in [4.78, 5) is 47.0. The van der Waals surface area contributed by atoms with Gasteiger partial charge in [-0.05, 0) is 87.4 Å². The summed E-state index contributed by atoms with van der Waals surface area (Å²) < 4.78 is 30.8. The minimum Gasteiger partial charge on any atom is -0.493 e. The van der Waals surface area contributed by atoms with Gasteiger partial charge in [-0.3, -0.25) is 14.6 Å². The summed E-state index contributed by atoms with van der Waals surface area (Å²) in [5, 5.41) is 3.58. The van der Waals surface area contributed by atoms with E-state index in [-0.39, 0.29) is 18.3 Å². The fourth-order valence-electron chi connectivity index (χ4n) is 5.25. The van der Waals surface area contributed by atoms with Crippen LogP contribution in [0.5, 0.6) is 23.0 Å². The molecule has 228 valence electrons. The zero-order chi connectivity index (χ0) is 31.7. The molecule has 1 N–H and O–H groups in total. The Morgan fingerprint density at radius 3 is 2.20 bits per heavy atom. The molecule has 10 nitrogen and oxygen atoms in total. The molecule has 2 heterocycles. The van der Waals surface area contributed by atoms with Crippen LogP contribution in [-0.2, 0) is 9.59 Å². The number of carbonyl (C=O) groups excluding carboxylic acids is 3. The molecule has 1 fully saturated rings. The van der Waals surface area contributed by atoms with Crippen molar-refractivity contribution in [2.45, 2.75) is 33.7 Å². The lowest BCUT2D eigenvalue weighted by Gasteiger charge is -2.39. The van der Waals surface area contributed by atoms with Crippen LogP contribution in [0, 0.1) is 25.6 Å². The van der Waals surface area contributed by atoms with Crippen molar-refractivity contribution in [3.05, 3.63) is 77.7 Å². The number of fused-ring (bicyclic) bond motifs is 1. The van der Waals surface area contributed by atoms with Crippen molar-refractivity contribution in [2.24, 2.45) is 5.92 Å². The third-order valence-electron chi connectivity index (χ3n) is 7.51. The predicted octanol–water partition coefficient (Wildman–Crippen LogP) is 6.23. The highest BCUT2D eigenvalue weighted by Crippen LogP contribution is 2.39. The highest BCUT2D eigenvalue weighted by atomic mass is 19.1. The number of aryl methyl sites for hydroxylation is 2. The van der Waals surface area contributed by atoms with E-state index in [1.807, 2.05) is 13.8 Å². The number of benzene rings is 3. The molecule has 11 heteroatoms. The molecular formula is C33H33FN4O6. The maximum Gasteiger partial charge on any atom is 0.331 e. The Bertz CT molecular complexity index is 1730. The number of halogens is 1. The maximum atomic E-state index is 13.6. The maximum absolute atomic E-state index is 13.6. The normalized spacial score (nSPS) is 15.1. The van der Waals surface area contributed by atoms with Gasteiger partial charge in [-0.1, -0.05) is 0 Å². The number of carbonyl (C=O) groups is 3. The number of hydrogen-bond donors (Lipinski definition) is 1. The number of rotatable bonds is 8. The van der Waals surface area contributed by atoms with E-state index in [4.69, 9.17) is 14.2 Å². The molecule has 0 saturated carbocycles. The van der Waals surface area contributed by atoms with E-state index in [9.17, 15) is 18.8 Å². The third kappa shape index (κ3) is 5.72. The number of amides is 4. The van der Waals surface area contributed by atoms with Crippen LogP contribution in [0.3, 0.4) is 0 Å². The van der Waals surface area contributed by atoms with Gasteiger partial charge in [0, 0.05) is 35.9 Å². The van der Waals surface area contributed by atoms with Crippen LogP contribution in [0.15, 0.2) is 60.8 Å². The number of hydrogen-bond acceptors (Lipinski definition) is 7. The number of pyridine rings is 1. The van der Waals surface area contributed by atoms with Crippen LogP contribution in [-0.4, -0.2) is 54.5 Å². The summed E-state index contributed by atoms with van der Waals surface area (Å²) >= 11 is 0. The summed E-state index contributed by atoms with van der Waals surface area (Å²) in [7, 11) is 3.12. The van der Waals surface area contributed by atoms with Gasteiger partial charge in [0.2, 0.25) is 11.8 Å². The second-order valence-corrected chi connectivity index (χ2v) is 10.8. The molecule has 44 heavy (non-hydrogen) atoms. The average molecular weight is 601 g/mol. The van der Waals surface area contributed by atoms with Gasteiger partial charge >= 0.3 is 6.03 Å². The molecular weight excluding hydrogens is 567 g/mol. The van der Waals surface area contributed by atoms with Gasteiger partial charge < -0.3 is 24.4 Å². The fourth-order valence-corrected chi connectivity index (χ4v) is 5.25. The van der Waals surface area contributed by atoms with E-state index >= 15 is 0 Å². The SMILES string of the molecule is COc1cc2nccc(Oc3c(C)cc(NC(=O)C4CN(C(C)C)C(=O)N(c5ccc(F)cc5)C4=O)cc3C)c2cc1OC. The first-order valence-corrected chi connectivity index (χ1v) is 14.0. The van der Waals surface area contributed by atoms with Crippen molar-refractivity contribution in [2.75, 3.05) is 31.0 Å². The molecule has 0 bridgehead atoms. The first-order valence-electron chi connectivity index (χ1n) is 14.0. The first kappa shape index (κ1) is 30.3. The van der Waals surface area contributed by atoms with Crippen molar-refractivity contribution < 1.29 is 33.0 Å². The van der Waals surface area contributed by atoms with Crippen molar-refractivity contribution >= 4 is 40.1 Å². The molecule has 1 aromatic heterocycles. The molecule has 1 saturated heterocycles. The van der Waals surface area contributed by atoms with E-state index < -0.39 is 29.6 Å². The molecule has 4 aromatic rings. The van der Waals surface area contributed by atoms with E-state index in [0.717, 1.165) is 33.5 Å². The zero-order valence-corrected chi connectivity index (χ0v) is 25.3. The lowest BCUT2D eigenvalue weighted by atomic mass is 10.0. The first-order chi connectivity index (χ1) is 21.0. The van der Waals surface area contributed by atoms with Crippen LogP contribution in [0.25, 0.3) is 10.9 Å². The smallest absolute Gasteiger partial charge is 0.331 e. The van der Waals surface area contributed by atoms with Crippen LogP contribution in [0.4, 0.5) is 20.6 Å². The topological polar surface area (TPSA) is 110 Å². The lowest BCUT2D eigenvalue weighted by molar-refractivity contribution is -0.132. The van der Waals surface area contributed by atoms with Crippen LogP contribution >= 0.6 is 0 Å². The van der Waals surface area contributed by atoms with E-state index in [1.54, 1.807) is 64.6 Å². The predicted molar refractivity (Wildman–Crippen MR) is 164 cm³/mol. The van der Waals surface area contributed by atoms with Gasteiger partial charge in [0.25, 0.3) is 0 Å². The van der Waals surface area contributed by atoms with Crippen molar-refractivity contribution in [1.82, 2.24) is 9.88 Å². The molecule has 0 spiro atoms. The zero-order valence-electron chi connectivity index (χ0n) is 25.3. The molecule has 5 rings (SSSR count). The largest absolute Gasteiger partial charge is 0.493 e. The summed E-state index contributed by atoms with van der Waals surface area (Å²) in [6.07, 6.45) is 1.64. The molecule has 0 radical (unpaired) electrons. The van der Waals surface area contributed by atoms with Gasteiger partial charge in [0.15, 0.2) is 11.5 Å². The van der Waals surface area contributed by atoms with Crippen LogP contribution in [0.1, 0.15) is 25.0 Å². The number of urea groups is 1. The molecule has 1 unspecified atom stereocenters.